The van der Waals surface area contributed by atoms with Gasteiger partial charge in [0.05, 0.1) is 0 Å². The third-order valence-corrected chi connectivity index (χ3v) is 4.28. The highest BCUT2D eigenvalue weighted by atomic mass is 32.2. The monoisotopic (exact) mass is 265 g/mol. The first kappa shape index (κ1) is 13.4. The highest BCUT2D eigenvalue weighted by Gasteiger charge is 2.23. The Hall–Kier alpha value is -1.00. The van der Waals surface area contributed by atoms with Crippen LogP contribution in [0.3, 0.4) is 0 Å². The van der Waals surface area contributed by atoms with E-state index in [1.165, 1.54) is 5.56 Å². The van der Waals surface area contributed by atoms with Crippen molar-refractivity contribution in [3.63, 3.8) is 0 Å². The van der Waals surface area contributed by atoms with Crippen molar-refractivity contribution in [2.24, 2.45) is 0 Å². The molecule has 4 heteroatoms. The van der Waals surface area contributed by atoms with E-state index in [-0.39, 0.29) is 6.42 Å². The highest BCUT2D eigenvalue weighted by molar-refractivity contribution is 7.99. The van der Waals surface area contributed by atoms with Crippen LogP contribution < -0.4 is 0 Å². The van der Waals surface area contributed by atoms with Crippen molar-refractivity contribution in [2.75, 3.05) is 24.6 Å². The summed E-state index contributed by atoms with van der Waals surface area (Å²) in [7, 11) is 0. The van der Waals surface area contributed by atoms with Crippen molar-refractivity contribution in [3.8, 4) is 0 Å². The topological polar surface area (TPSA) is 40.5 Å². The van der Waals surface area contributed by atoms with Gasteiger partial charge in [-0.25, -0.2) is 0 Å². The van der Waals surface area contributed by atoms with Crippen molar-refractivity contribution >= 4 is 17.7 Å². The molecule has 1 unspecified atom stereocenters. The smallest absolute Gasteiger partial charge is 0.303 e. The largest absolute Gasteiger partial charge is 0.481 e. The van der Waals surface area contributed by atoms with E-state index < -0.39 is 5.97 Å². The summed E-state index contributed by atoms with van der Waals surface area (Å²) in [4.78, 5) is 13.0. The van der Waals surface area contributed by atoms with Gasteiger partial charge in [0.2, 0.25) is 0 Å². The Morgan fingerprint density at radius 2 is 2.17 bits per heavy atom. The first-order chi connectivity index (χ1) is 8.77. The maximum absolute atomic E-state index is 10.6. The SMILES string of the molecule is O=C(O)CCCN1CCSCC1c1ccccc1. The van der Waals surface area contributed by atoms with E-state index in [9.17, 15) is 4.79 Å². The zero-order chi connectivity index (χ0) is 12.8. The zero-order valence-corrected chi connectivity index (χ0v) is 11.2. The molecule has 1 aromatic carbocycles. The van der Waals surface area contributed by atoms with Crippen LogP contribution in [0.25, 0.3) is 0 Å². The molecule has 0 aliphatic carbocycles. The fourth-order valence-electron chi connectivity index (χ4n) is 2.32. The number of rotatable bonds is 5. The summed E-state index contributed by atoms with van der Waals surface area (Å²) < 4.78 is 0. The molecule has 1 atom stereocenters. The minimum Gasteiger partial charge on any atom is -0.481 e. The highest BCUT2D eigenvalue weighted by Crippen LogP contribution is 2.29. The minimum absolute atomic E-state index is 0.269. The maximum Gasteiger partial charge on any atom is 0.303 e. The van der Waals surface area contributed by atoms with Crippen LogP contribution in [0.2, 0.25) is 0 Å². The van der Waals surface area contributed by atoms with Gasteiger partial charge in [-0.15, -0.1) is 0 Å². The van der Waals surface area contributed by atoms with Crippen LogP contribution in [0.1, 0.15) is 24.4 Å². The van der Waals surface area contributed by atoms with Crippen LogP contribution in [0.4, 0.5) is 0 Å². The number of carbonyl (C=O) groups is 1. The van der Waals surface area contributed by atoms with Crippen molar-refractivity contribution in [3.05, 3.63) is 35.9 Å². The fraction of sp³-hybridized carbons (Fsp3) is 0.500. The van der Waals surface area contributed by atoms with Gasteiger partial charge in [-0.1, -0.05) is 30.3 Å². The summed E-state index contributed by atoms with van der Waals surface area (Å²) in [6, 6.07) is 11.0. The molecule has 3 nitrogen and oxygen atoms in total. The van der Waals surface area contributed by atoms with Crippen LogP contribution in [-0.4, -0.2) is 40.6 Å². The Bertz CT molecular complexity index is 383. The molecule has 1 heterocycles. The molecule has 0 aromatic heterocycles. The van der Waals surface area contributed by atoms with Crippen LogP contribution >= 0.6 is 11.8 Å². The second-order valence-electron chi connectivity index (χ2n) is 4.53. The summed E-state index contributed by atoms with van der Waals surface area (Å²) in [6.07, 6.45) is 1.01. The van der Waals surface area contributed by atoms with Crippen molar-refractivity contribution < 1.29 is 9.90 Å². The molecule has 0 bridgehead atoms. The Morgan fingerprint density at radius 1 is 1.39 bits per heavy atom. The molecular weight excluding hydrogens is 246 g/mol. The van der Waals surface area contributed by atoms with Crippen molar-refractivity contribution in [2.45, 2.75) is 18.9 Å². The van der Waals surface area contributed by atoms with Crippen LogP contribution in [0.15, 0.2) is 30.3 Å². The van der Waals surface area contributed by atoms with Gasteiger partial charge in [0.1, 0.15) is 0 Å². The van der Waals surface area contributed by atoms with E-state index >= 15 is 0 Å². The van der Waals surface area contributed by atoms with Gasteiger partial charge < -0.3 is 5.11 Å². The first-order valence-electron chi connectivity index (χ1n) is 6.36. The van der Waals surface area contributed by atoms with Gasteiger partial charge >= 0.3 is 5.97 Å². The number of thioether (sulfide) groups is 1. The predicted octanol–water partition coefficient (Wildman–Crippen LogP) is 2.64. The quantitative estimate of drug-likeness (QED) is 0.888. The van der Waals surface area contributed by atoms with Gasteiger partial charge in [-0.3, -0.25) is 9.69 Å². The molecule has 18 heavy (non-hydrogen) atoms. The minimum atomic E-state index is -0.697. The molecule has 1 aliphatic rings. The molecule has 2 rings (SSSR count). The van der Waals surface area contributed by atoms with Gasteiger partial charge in [-0.05, 0) is 18.5 Å². The normalized spacial score (nSPS) is 20.8. The van der Waals surface area contributed by atoms with E-state index in [0.717, 1.165) is 31.0 Å². The number of carboxylic acids is 1. The fourth-order valence-corrected chi connectivity index (χ4v) is 3.48. The van der Waals surface area contributed by atoms with E-state index in [0.29, 0.717) is 6.04 Å². The predicted molar refractivity (Wildman–Crippen MR) is 75.0 cm³/mol. The summed E-state index contributed by atoms with van der Waals surface area (Å²) in [5.74, 6) is 1.56. The average molecular weight is 265 g/mol. The molecule has 1 saturated heterocycles. The molecule has 1 aliphatic heterocycles. The summed E-state index contributed by atoms with van der Waals surface area (Å²) in [6.45, 7) is 1.94. The number of hydrogen-bond acceptors (Lipinski definition) is 3. The number of benzene rings is 1. The molecule has 1 fully saturated rings. The lowest BCUT2D eigenvalue weighted by atomic mass is 10.1. The maximum atomic E-state index is 10.6. The van der Waals surface area contributed by atoms with E-state index in [1.807, 2.05) is 17.8 Å². The molecule has 0 saturated carbocycles. The number of hydrogen-bond donors (Lipinski definition) is 1. The van der Waals surface area contributed by atoms with E-state index in [2.05, 4.69) is 29.2 Å². The van der Waals surface area contributed by atoms with Gasteiger partial charge in [0.15, 0.2) is 0 Å². The summed E-state index contributed by atoms with van der Waals surface area (Å²) >= 11 is 1.98. The molecule has 1 N–H and O–H groups in total. The Morgan fingerprint density at radius 3 is 2.89 bits per heavy atom. The molecular formula is C14H19NO2S. The number of carboxylic acid groups (broad SMARTS) is 1. The van der Waals surface area contributed by atoms with E-state index in [4.69, 9.17) is 5.11 Å². The molecule has 98 valence electrons. The van der Waals surface area contributed by atoms with Crippen molar-refractivity contribution in [1.29, 1.82) is 0 Å². The Kier molecular flexibility index (Phi) is 5.08. The standard InChI is InChI=1S/C14H19NO2S/c16-14(17)7-4-8-15-9-10-18-11-13(15)12-5-2-1-3-6-12/h1-3,5-6,13H,4,7-11H2,(H,16,17). The van der Waals surface area contributed by atoms with Crippen LogP contribution in [0, 0.1) is 0 Å². The average Bonchev–Trinajstić information content (AvgIpc) is 2.40. The first-order valence-corrected chi connectivity index (χ1v) is 7.51. The zero-order valence-electron chi connectivity index (χ0n) is 10.4. The molecule has 1 aromatic rings. The van der Waals surface area contributed by atoms with E-state index in [1.54, 1.807) is 0 Å². The summed E-state index contributed by atoms with van der Waals surface area (Å²) in [5, 5.41) is 8.70. The Balaban J connectivity index is 1.95. The second-order valence-corrected chi connectivity index (χ2v) is 5.68. The lowest BCUT2D eigenvalue weighted by Crippen LogP contribution is -2.37. The summed E-state index contributed by atoms with van der Waals surface area (Å²) in [5.41, 5.74) is 1.35. The molecule has 0 radical (unpaired) electrons. The lowest BCUT2D eigenvalue weighted by Gasteiger charge is -2.35. The number of aliphatic carboxylic acids is 1. The third-order valence-electron chi connectivity index (χ3n) is 3.26. The second kappa shape index (κ2) is 6.81. The van der Waals surface area contributed by atoms with Crippen molar-refractivity contribution in [1.82, 2.24) is 4.90 Å². The van der Waals surface area contributed by atoms with Crippen LogP contribution in [0.5, 0.6) is 0 Å². The Labute approximate surface area is 112 Å². The van der Waals surface area contributed by atoms with Crippen LogP contribution in [-0.2, 0) is 4.79 Å². The van der Waals surface area contributed by atoms with Gasteiger partial charge in [-0.2, -0.15) is 11.8 Å². The lowest BCUT2D eigenvalue weighted by molar-refractivity contribution is -0.137. The third kappa shape index (κ3) is 3.75. The van der Waals surface area contributed by atoms with Gasteiger partial charge in [0.25, 0.3) is 0 Å². The van der Waals surface area contributed by atoms with Gasteiger partial charge in [0, 0.05) is 30.5 Å². The molecule has 0 spiro atoms. The number of nitrogens with zero attached hydrogens (tertiary/aromatic N) is 1. The molecule has 0 amide bonds.